The highest BCUT2D eigenvalue weighted by atomic mass is 32.2. The molecule has 5 N–H and O–H groups in total. The molecule has 0 spiro atoms. The highest BCUT2D eigenvalue weighted by Crippen LogP contribution is 2.34. The van der Waals surface area contributed by atoms with E-state index in [0.717, 1.165) is 34.7 Å². The van der Waals surface area contributed by atoms with Crippen LogP contribution in [0.4, 0.5) is 23.7 Å². The van der Waals surface area contributed by atoms with E-state index in [1.54, 1.807) is 25.1 Å². The molecule has 1 aromatic heterocycles. The average Bonchev–Trinajstić information content (AvgIpc) is 3.74. The van der Waals surface area contributed by atoms with Gasteiger partial charge < -0.3 is 34.1 Å². The Kier molecular flexibility index (Phi) is 12.8. The second-order valence-electron chi connectivity index (χ2n) is 13.7. The van der Waals surface area contributed by atoms with Crippen molar-refractivity contribution in [2.24, 2.45) is 5.73 Å². The normalized spacial score (nSPS) is 17.8. The third kappa shape index (κ3) is 11.0. The zero-order valence-electron chi connectivity index (χ0n) is 31.0. The molecule has 19 heteroatoms. The van der Waals surface area contributed by atoms with Gasteiger partial charge in [-0.2, -0.15) is 31.0 Å². The number of nitrogens with two attached hydrogens (primary N) is 1. The standard InChI is InChI=1S/C36H38N4O8S2.C2HF3O2/c1-23-17-34(24(2)49-23)50(44,45)48-30-13-9-27(10-14-30)38-36(43)39(31(35(37)42)18-25-6-11-29(41)12-7-25)28-5-4-16-40(3,21-28)20-26-8-15-32-33(19-26)47-22-46-32;3-2(4,5)1(6)7/h6-15,17,19,31H,4-5,16,18,20-22H2,1-3H3,(H2-2,37,38,41,42,43);(H,6,7)/p+2/b39-28+;/t31-,40?;/m0./s1. The summed E-state index contributed by atoms with van der Waals surface area (Å²) >= 11 is 1.37. The molecule has 1 unspecified atom stereocenters. The minimum absolute atomic E-state index is 0.0815. The molecule has 2 atom stereocenters. The van der Waals surface area contributed by atoms with Crippen LogP contribution in [0.1, 0.15) is 33.7 Å². The van der Waals surface area contributed by atoms with Gasteiger partial charge in [0.25, 0.3) is 5.91 Å². The maximum atomic E-state index is 14.2. The van der Waals surface area contributed by atoms with E-state index >= 15 is 0 Å². The predicted octanol–water partition coefficient (Wildman–Crippen LogP) is 5.72. The molecule has 304 valence electrons. The summed E-state index contributed by atoms with van der Waals surface area (Å²) in [6.45, 7) is 5.72. The molecule has 0 saturated carbocycles. The highest BCUT2D eigenvalue weighted by Gasteiger charge is 2.40. The zero-order valence-corrected chi connectivity index (χ0v) is 32.7. The lowest BCUT2D eigenvalue weighted by molar-refractivity contribution is -0.918. The van der Waals surface area contributed by atoms with Gasteiger partial charge in [-0.15, -0.1) is 11.3 Å². The van der Waals surface area contributed by atoms with Gasteiger partial charge in [-0.1, -0.05) is 12.1 Å². The number of carbonyl (C=O) groups excluding carboxylic acids is 2. The first-order chi connectivity index (χ1) is 26.7. The number of primary amides is 1. The minimum atomic E-state index is -5.08. The molecule has 4 aromatic rings. The van der Waals surface area contributed by atoms with Crippen LogP contribution in [0.25, 0.3) is 0 Å². The number of piperidine rings is 1. The van der Waals surface area contributed by atoms with Crippen LogP contribution in [-0.2, 0) is 32.7 Å². The number of phenolic OH excluding ortho intramolecular Hbond substituents is 1. The maximum absolute atomic E-state index is 14.2. The van der Waals surface area contributed by atoms with E-state index < -0.39 is 40.2 Å². The third-order valence-electron chi connectivity index (χ3n) is 9.11. The number of urea groups is 1. The Morgan fingerprint density at radius 3 is 2.23 bits per heavy atom. The van der Waals surface area contributed by atoms with Crippen LogP contribution in [0.5, 0.6) is 23.0 Å². The van der Waals surface area contributed by atoms with E-state index in [0.29, 0.717) is 46.1 Å². The number of thiophene rings is 1. The summed E-state index contributed by atoms with van der Waals surface area (Å²) in [4.78, 5) is 37.9. The minimum Gasteiger partial charge on any atom is -0.508 e. The second-order valence-corrected chi connectivity index (χ2v) is 16.7. The van der Waals surface area contributed by atoms with Gasteiger partial charge in [0.2, 0.25) is 6.79 Å². The fourth-order valence-corrected chi connectivity index (χ4v) is 9.01. The van der Waals surface area contributed by atoms with Gasteiger partial charge in [0.1, 0.15) is 40.9 Å². The van der Waals surface area contributed by atoms with E-state index in [2.05, 4.69) is 12.4 Å². The summed E-state index contributed by atoms with van der Waals surface area (Å²) in [6, 6.07) is 18.3. The molecule has 1 fully saturated rings. The molecule has 0 bridgehead atoms. The number of aryl methyl sites for hydroxylation is 2. The number of nitrogens with one attached hydrogen (secondary N) is 1. The summed E-state index contributed by atoms with van der Waals surface area (Å²) in [5.74, 6) is -1.86. The number of benzene rings is 3. The smallest absolute Gasteiger partial charge is 0.496 e. The molecule has 3 amide bonds. The van der Waals surface area contributed by atoms with Crippen molar-refractivity contribution in [1.82, 2.24) is 0 Å². The van der Waals surface area contributed by atoms with Gasteiger partial charge in [-0.05, 0) is 80.1 Å². The first-order valence-corrected chi connectivity index (χ1v) is 19.6. The van der Waals surface area contributed by atoms with Crippen molar-refractivity contribution in [2.45, 2.75) is 56.8 Å². The molecular weight excluding hydrogens is 794 g/mol. The monoisotopic (exact) mass is 834 g/mol. The number of hydrogen-bond donors (Lipinski definition) is 4. The van der Waals surface area contributed by atoms with Crippen molar-refractivity contribution >= 4 is 50.8 Å². The van der Waals surface area contributed by atoms with Gasteiger partial charge in [0.15, 0.2) is 17.5 Å². The summed E-state index contributed by atoms with van der Waals surface area (Å²) < 4.78 is 76.1. The Bertz CT molecular complexity index is 2280. The van der Waals surface area contributed by atoms with Crippen LogP contribution in [0.15, 0.2) is 77.7 Å². The number of amides is 3. The maximum Gasteiger partial charge on any atom is 0.496 e. The van der Waals surface area contributed by atoms with Crippen molar-refractivity contribution in [3.05, 3.63) is 93.7 Å². The summed E-state index contributed by atoms with van der Waals surface area (Å²) in [5, 5.41) is 19.8. The largest absolute Gasteiger partial charge is 0.508 e. The topological polar surface area (TPSA) is 195 Å². The number of rotatable bonds is 10. The summed E-state index contributed by atoms with van der Waals surface area (Å²) in [6.07, 6.45) is -3.60. The number of fused-ring (bicyclic) bond motifs is 1. The molecule has 6 rings (SSSR count). The number of carboxylic acids is 1. The molecule has 1 saturated heterocycles. The van der Waals surface area contributed by atoms with Crippen molar-refractivity contribution in [1.29, 1.82) is 0 Å². The quantitative estimate of drug-likeness (QED) is 0.0872. The van der Waals surface area contributed by atoms with E-state index in [1.807, 2.05) is 25.1 Å². The molecule has 3 heterocycles. The number of hydrogen-bond acceptors (Lipinski definition) is 10. The fourth-order valence-electron chi connectivity index (χ4n) is 6.56. The SMILES string of the molecule is Cc1cc(S(=O)(=O)Oc2ccc(NC(=O)/[N+](=C3\CCC[N+](C)(Cc4ccc5c(c4)OCO5)C3)[C@@H](Cc3ccc(O)cc3)C(N)=O)cc2)c(C)s1.O=C(O)C(F)(F)F. The Morgan fingerprint density at radius 2 is 1.63 bits per heavy atom. The summed E-state index contributed by atoms with van der Waals surface area (Å²) in [5.41, 5.74) is 8.91. The molecule has 2 aliphatic heterocycles. The molecule has 14 nitrogen and oxygen atoms in total. The Morgan fingerprint density at radius 1 is 1.00 bits per heavy atom. The Hall–Kier alpha value is -5.66. The third-order valence-corrected chi connectivity index (χ3v) is 11.6. The number of nitrogens with zero attached hydrogens (tertiary/aromatic N) is 2. The van der Waals surface area contributed by atoms with E-state index in [4.69, 9.17) is 29.3 Å². The molecule has 0 radical (unpaired) electrons. The van der Waals surface area contributed by atoms with Gasteiger partial charge in [-0.25, -0.2) is 10.1 Å². The first kappa shape index (κ1) is 42.5. The van der Waals surface area contributed by atoms with Crippen molar-refractivity contribution in [2.75, 3.05) is 32.2 Å². The number of phenols is 1. The molecular formula is C38H41F3N4O10S2+2. The van der Waals surface area contributed by atoms with Crippen molar-refractivity contribution in [3.63, 3.8) is 0 Å². The number of ether oxygens (including phenoxy) is 2. The highest BCUT2D eigenvalue weighted by molar-refractivity contribution is 7.87. The lowest BCUT2D eigenvalue weighted by Gasteiger charge is -2.38. The Labute approximate surface area is 330 Å². The number of carboxylic acid groups (broad SMARTS) is 1. The van der Waals surface area contributed by atoms with Crippen LogP contribution in [0.2, 0.25) is 0 Å². The first-order valence-electron chi connectivity index (χ1n) is 17.4. The lowest BCUT2D eigenvalue weighted by Crippen LogP contribution is -2.56. The van der Waals surface area contributed by atoms with Crippen LogP contribution in [-0.4, -0.2) is 90.5 Å². The zero-order chi connectivity index (χ0) is 41.7. The van der Waals surface area contributed by atoms with Crippen LogP contribution in [0, 0.1) is 13.8 Å². The number of aromatic hydroxyl groups is 1. The van der Waals surface area contributed by atoms with Crippen LogP contribution >= 0.6 is 11.3 Å². The number of likely N-dealkylation sites (tertiary alicyclic amines) is 1. The Balaban J connectivity index is 0.000000811. The van der Waals surface area contributed by atoms with E-state index in [1.165, 1.54) is 52.3 Å². The van der Waals surface area contributed by atoms with Crippen molar-refractivity contribution < 1.29 is 68.9 Å². The van der Waals surface area contributed by atoms with Crippen molar-refractivity contribution in [3.8, 4) is 23.0 Å². The van der Waals surface area contributed by atoms with Gasteiger partial charge in [0.05, 0.1) is 13.6 Å². The number of anilines is 1. The number of carbonyl (C=O) groups is 3. The molecule has 57 heavy (non-hydrogen) atoms. The predicted molar refractivity (Wildman–Crippen MR) is 202 cm³/mol. The number of aliphatic carboxylic acids is 1. The average molecular weight is 835 g/mol. The van der Waals surface area contributed by atoms with Crippen LogP contribution < -0.4 is 24.7 Å². The van der Waals surface area contributed by atoms with Crippen LogP contribution in [0.3, 0.4) is 0 Å². The van der Waals surface area contributed by atoms with E-state index in [-0.39, 0.29) is 29.6 Å². The lowest BCUT2D eigenvalue weighted by atomic mass is 10.0. The molecule has 2 aliphatic rings. The fraction of sp³-hybridized carbons (Fsp3) is 0.316. The van der Waals surface area contributed by atoms with E-state index in [9.17, 15) is 36.3 Å². The second kappa shape index (κ2) is 17.2. The van der Waals surface area contributed by atoms with Gasteiger partial charge >= 0.3 is 28.3 Å². The van der Waals surface area contributed by atoms with Gasteiger partial charge in [0, 0.05) is 34.6 Å². The number of alkyl halides is 3. The summed E-state index contributed by atoms with van der Waals surface area (Å²) in [7, 11) is -1.93. The van der Waals surface area contributed by atoms with Gasteiger partial charge in [-0.3, -0.25) is 4.79 Å². The molecule has 3 aromatic carbocycles. The molecule has 0 aliphatic carbocycles. The number of halogens is 3. The number of quaternary nitrogens is 1.